The Kier molecular flexibility index (Phi) is 5.41. The molecule has 1 saturated heterocycles. The molecule has 0 amide bonds. The minimum atomic E-state index is 0.918. The van der Waals surface area contributed by atoms with Crippen molar-refractivity contribution in [3.05, 3.63) is 0 Å². The number of aromatic nitrogens is 2. The van der Waals surface area contributed by atoms with Crippen molar-refractivity contribution in [2.75, 3.05) is 25.1 Å². The maximum atomic E-state index is 4.17. The van der Waals surface area contributed by atoms with Gasteiger partial charge in [0.25, 0.3) is 0 Å². The van der Waals surface area contributed by atoms with Crippen molar-refractivity contribution in [2.45, 2.75) is 27.9 Å². The van der Waals surface area contributed by atoms with Crippen molar-refractivity contribution in [2.24, 2.45) is 5.92 Å². The van der Waals surface area contributed by atoms with Crippen molar-refractivity contribution in [1.29, 1.82) is 0 Å². The maximum Gasteiger partial charge on any atom is 0.175 e. The smallest absolute Gasteiger partial charge is 0.175 e. The molecule has 90 valence electrons. The van der Waals surface area contributed by atoms with Crippen LogP contribution in [0.1, 0.15) is 19.3 Å². The molecule has 0 saturated carbocycles. The first-order valence-corrected chi connectivity index (χ1v) is 8.62. The molecule has 1 aliphatic heterocycles. The van der Waals surface area contributed by atoms with Gasteiger partial charge in [-0.2, -0.15) is 0 Å². The second-order valence-corrected chi connectivity index (χ2v) is 7.24. The molecular weight excluding hydrogens is 258 g/mol. The average molecular weight is 275 g/mol. The van der Waals surface area contributed by atoms with E-state index in [9.17, 15) is 0 Å². The number of rotatable bonds is 5. The normalized spacial score (nSPS) is 17.8. The Labute approximate surface area is 109 Å². The standard InChI is InChI=1S/C10H17N3S3/c1-14-9-12-13-10(16-9)15-7-4-8-2-5-11-6-3-8/h8,11H,2-7H2,1H3. The Morgan fingerprint density at radius 2 is 2.06 bits per heavy atom. The summed E-state index contributed by atoms with van der Waals surface area (Å²) in [4.78, 5) is 0. The second-order valence-electron chi connectivity index (χ2n) is 3.87. The molecule has 0 unspecified atom stereocenters. The fraction of sp³-hybridized carbons (Fsp3) is 0.800. The minimum Gasteiger partial charge on any atom is -0.317 e. The zero-order valence-electron chi connectivity index (χ0n) is 9.44. The fourth-order valence-electron chi connectivity index (χ4n) is 1.82. The molecule has 2 rings (SSSR count). The maximum absolute atomic E-state index is 4.17. The van der Waals surface area contributed by atoms with Crippen LogP contribution in [0.3, 0.4) is 0 Å². The van der Waals surface area contributed by atoms with E-state index >= 15 is 0 Å². The van der Waals surface area contributed by atoms with Crippen LogP contribution >= 0.6 is 34.9 Å². The van der Waals surface area contributed by atoms with Gasteiger partial charge in [-0.3, -0.25) is 0 Å². The molecule has 2 heterocycles. The van der Waals surface area contributed by atoms with Crippen LogP contribution in [0.4, 0.5) is 0 Å². The van der Waals surface area contributed by atoms with Gasteiger partial charge in [0, 0.05) is 5.75 Å². The van der Waals surface area contributed by atoms with E-state index < -0.39 is 0 Å². The van der Waals surface area contributed by atoms with Crippen molar-refractivity contribution >= 4 is 34.9 Å². The number of thioether (sulfide) groups is 2. The van der Waals surface area contributed by atoms with E-state index in [1.807, 2.05) is 18.0 Å². The molecule has 3 nitrogen and oxygen atoms in total. The van der Waals surface area contributed by atoms with E-state index in [2.05, 4.69) is 15.5 Å². The van der Waals surface area contributed by atoms with Gasteiger partial charge in [-0.05, 0) is 44.5 Å². The Bertz CT molecular complexity index is 310. The van der Waals surface area contributed by atoms with E-state index in [1.54, 1.807) is 23.1 Å². The Morgan fingerprint density at radius 3 is 2.75 bits per heavy atom. The first-order chi connectivity index (χ1) is 7.88. The molecule has 0 radical (unpaired) electrons. The molecule has 0 bridgehead atoms. The Morgan fingerprint density at radius 1 is 1.31 bits per heavy atom. The molecule has 1 fully saturated rings. The van der Waals surface area contributed by atoms with Gasteiger partial charge < -0.3 is 5.32 Å². The second kappa shape index (κ2) is 6.83. The van der Waals surface area contributed by atoms with Gasteiger partial charge in [-0.15, -0.1) is 10.2 Å². The number of piperidine rings is 1. The largest absolute Gasteiger partial charge is 0.317 e. The van der Waals surface area contributed by atoms with Crippen molar-refractivity contribution < 1.29 is 0 Å². The lowest BCUT2D eigenvalue weighted by molar-refractivity contribution is 0.367. The number of nitrogens with one attached hydrogen (secondary N) is 1. The van der Waals surface area contributed by atoms with Gasteiger partial charge in [0.05, 0.1) is 0 Å². The molecule has 1 aliphatic rings. The van der Waals surface area contributed by atoms with E-state index in [1.165, 1.54) is 38.1 Å². The lowest BCUT2D eigenvalue weighted by Gasteiger charge is -2.21. The third kappa shape index (κ3) is 3.91. The van der Waals surface area contributed by atoms with Gasteiger partial charge in [-0.25, -0.2) is 0 Å². The van der Waals surface area contributed by atoms with Crippen LogP contribution in [0.2, 0.25) is 0 Å². The summed E-state index contributed by atoms with van der Waals surface area (Å²) in [6.45, 7) is 2.40. The monoisotopic (exact) mass is 275 g/mol. The molecule has 16 heavy (non-hydrogen) atoms. The van der Waals surface area contributed by atoms with Gasteiger partial charge >= 0.3 is 0 Å². The van der Waals surface area contributed by atoms with Crippen LogP contribution in [0.15, 0.2) is 8.68 Å². The van der Waals surface area contributed by atoms with E-state index in [-0.39, 0.29) is 0 Å². The number of nitrogens with zero attached hydrogens (tertiary/aromatic N) is 2. The van der Waals surface area contributed by atoms with Crippen molar-refractivity contribution in [3.63, 3.8) is 0 Å². The molecule has 0 aliphatic carbocycles. The van der Waals surface area contributed by atoms with Crippen molar-refractivity contribution in [3.8, 4) is 0 Å². The molecular formula is C10H17N3S3. The predicted molar refractivity (Wildman–Crippen MR) is 72.6 cm³/mol. The summed E-state index contributed by atoms with van der Waals surface area (Å²) >= 11 is 5.25. The van der Waals surface area contributed by atoms with Crippen molar-refractivity contribution in [1.82, 2.24) is 15.5 Å². The molecule has 6 heteroatoms. The summed E-state index contributed by atoms with van der Waals surface area (Å²) in [5.41, 5.74) is 0. The fourth-order valence-corrected chi connectivity index (χ4v) is 4.43. The molecule has 0 atom stereocenters. The predicted octanol–water partition coefficient (Wildman–Crippen LogP) is 2.74. The highest BCUT2D eigenvalue weighted by Gasteiger charge is 2.13. The van der Waals surface area contributed by atoms with Crippen LogP contribution in [0.5, 0.6) is 0 Å². The van der Waals surface area contributed by atoms with Crippen LogP contribution < -0.4 is 5.32 Å². The van der Waals surface area contributed by atoms with Gasteiger partial charge in [-0.1, -0.05) is 34.9 Å². The molecule has 0 aromatic carbocycles. The summed E-state index contributed by atoms with van der Waals surface area (Å²) in [6.07, 6.45) is 6.05. The minimum absolute atomic E-state index is 0.918. The van der Waals surface area contributed by atoms with Gasteiger partial charge in [0.15, 0.2) is 8.68 Å². The highest BCUT2D eigenvalue weighted by molar-refractivity contribution is 8.02. The lowest BCUT2D eigenvalue weighted by atomic mass is 9.96. The van der Waals surface area contributed by atoms with Crippen LogP contribution in [0, 0.1) is 5.92 Å². The SMILES string of the molecule is CSc1nnc(SCCC2CCNCC2)s1. The Balaban J connectivity index is 1.66. The highest BCUT2D eigenvalue weighted by atomic mass is 32.2. The van der Waals surface area contributed by atoms with E-state index in [0.29, 0.717) is 0 Å². The van der Waals surface area contributed by atoms with E-state index in [0.717, 1.165) is 14.6 Å². The Hall–Kier alpha value is 0.220. The summed E-state index contributed by atoms with van der Waals surface area (Å²) in [7, 11) is 0. The third-order valence-electron chi connectivity index (χ3n) is 2.77. The van der Waals surface area contributed by atoms with Crippen LogP contribution in [-0.2, 0) is 0 Å². The molecule has 1 aromatic heterocycles. The third-order valence-corrected chi connectivity index (χ3v) is 5.84. The molecule has 1 aromatic rings. The molecule has 1 N–H and O–H groups in total. The van der Waals surface area contributed by atoms with E-state index in [4.69, 9.17) is 0 Å². The number of hydrogen-bond donors (Lipinski definition) is 1. The average Bonchev–Trinajstić information content (AvgIpc) is 2.78. The quantitative estimate of drug-likeness (QED) is 0.836. The van der Waals surface area contributed by atoms with Crippen LogP contribution in [-0.4, -0.2) is 35.3 Å². The molecule has 0 spiro atoms. The number of hydrogen-bond acceptors (Lipinski definition) is 6. The first-order valence-electron chi connectivity index (χ1n) is 5.59. The summed E-state index contributed by atoms with van der Waals surface area (Å²) in [6, 6.07) is 0. The van der Waals surface area contributed by atoms with Gasteiger partial charge in [0.1, 0.15) is 0 Å². The highest BCUT2D eigenvalue weighted by Crippen LogP contribution is 2.29. The topological polar surface area (TPSA) is 37.8 Å². The summed E-state index contributed by atoms with van der Waals surface area (Å²) in [5, 5.41) is 11.7. The lowest BCUT2D eigenvalue weighted by Crippen LogP contribution is -2.27. The van der Waals surface area contributed by atoms with Gasteiger partial charge in [0.2, 0.25) is 0 Å². The van der Waals surface area contributed by atoms with Crippen LogP contribution in [0.25, 0.3) is 0 Å². The summed E-state index contributed by atoms with van der Waals surface area (Å²) in [5.74, 6) is 2.11. The summed E-state index contributed by atoms with van der Waals surface area (Å²) < 4.78 is 2.20. The zero-order valence-corrected chi connectivity index (χ0v) is 11.9. The zero-order chi connectivity index (χ0) is 11.2. The first kappa shape index (κ1) is 12.7.